The first-order valence-corrected chi connectivity index (χ1v) is 10.0. The Balaban J connectivity index is 1.30. The van der Waals surface area contributed by atoms with Crippen LogP contribution in [0, 0.1) is 0 Å². The molecular formula is C24H22F3NO3. The lowest BCUT2D eigenvalue weighted by molar-refractivity contribution is -0.274. The molecule has 7 heteroatoms. The van der Waals surface area contributed by atoms with Crippen LogP contribution in [0.2, 0.25) is 0 Å². The SMILES string of the molecule is Oc1ccc(-c2ccc(N3CCC(Oc4ccc(OC(F)(F)F)cc4)CC3)cc2)cc1. The molecular weight excluding hydrogens is 407 g/mol. The monoisotopic (exact) mass is 429 g/mol. The maximum Gasteiger partial charge on any atom is 0.573 e. The normalized spacial score (nSPS) is 15.0. The standard InChI is InChI=1S/C24H22F3NO3/c25-24(26,27)31-23-11-9-21(10-12-23)30-22-13-15-28(16-14-22)19-5-1-17(2-6-19)18-3-7-20(29)8-4-18/h1-12,22,29H,13-16H2. The number of anilines is 1. The molecule has 0 bridgehead atoms. The number of ether oxygens (including phenoxy) is 2. The smallest absolute Gasteiger partial charge is 0.508 e. The molecule has 1 fully saturated rings. The van der Waals surface area contributed by atoms with Gasteiger partial charge >= 0.3 is 6.36 Å². The summed E-state index contributed by atoms with van der Waals surface area (Å²) in [5.41, 5.74) is 3.26. The van der Waals surface area contributed by atoms with E-state index in [0.29, 0.717) is 5.75 Å². The highest BCUT2D eigenvalue weighted by Crippen LogP contribution is 2.29. The van der Waals surface area contributed by atoms with Crippen molar-refractivity contribution in [3.63, 3.8) is 0 Å². The molecule has 3 aromatic carbocycles. The van der Waals surface area contributed by atoms with Crippen LogP contribution in [0.4, 0.5) is 18.9 Å². The Labute approximate surface area is 178 Å². The zero-order chi connectivity index (χ0) is 21.8. The van der Waals surface area contributed by atoms with Crippen LogP contribution in [0.1, 0.15) is 12.8 Å². The topological polar surface area (TPSA) is 41.9 Å². The van der Waals surface area contributed by atoms with E-state index in [-0.39, 0.29) is 17.6 Å². The highest BCUT2D eigenvalue weighted by molar-refractivity contribution is 5.67. The van der Waals surface area contributed by atoms with Crippen LogP contribution >= 0.6 is 0 Å². The molecule has 3 aromatic rings. The number of piperidine rings is 1. The van der Waals surface area contributed by atoms with E-state index in [2.05, 4.69) is 33.9 Å². The Bertz CT molecular complexity index is 979. The molecule has 4 nitrogen and oxygen atoms in total. The fraction of sp³-hybridized carbons (Fsp3) is 0.250. The number of hydrogen-bond donors (Lipinski definition) is 1. The molecule has 0 saturated carbocycles. The van der Waals surface area contributed by atoms with Crippen molar-refractivity contribution >= 4 is 5.69 Å². The van der Waals surface area contributed by atoms with E-state index < -0.39 is 6.36 Å². The van der Waals surface area contributed by atoms with Crippen molar-refractivity contribution < 1.29 is 27.8 Å². The Hall–Kier alpha value is -3.35. The van der Waals surface area contributed by atoms with E-state index in [4.69, 9.17) is 4.74 Å². The van der Waals surface area contributed by atoms with Gasteiger partial charge in [-0.3, -0.25) is 0 Å². The number of phenols is 1. The third kappa shape index (κ3) is 5.63. The van der Waals surface area contributed by atoms with Gasteiger partial charge in [0.1, 0.15) is 23.4 Å². The number of rotatable bonds is 5. The first-order chi connectivity index (χ1) is 14.9. The number of halogens is 3. The molecule has 0 aliphatic carbocycles. The fourth-order valence-electron chi connectivity index (χ4n) is 3.66. The molecule has 0 amide bonds. The van der Waals surface area contributed by atoms with Crippen LogP contribution in [0.25, 0.3) is 11.1 Å². The van der Waals surface area contributed by atoms with Gasteiger partial charge in [0.05, 0.1) is 0 Å². The molecule has 0 aromatic heterocycles. The Kier molecular flexibility index (Phi) is 5.93. The summed E-state index contributed by atoms with van der Waals surface area (Å²) in [5, 5.41) is 9.42. The predicted molar refractivity (Wildman–Crippen MR) is 113 cm³/mol. The van der Waals surface area contributed by atoms with Gasteiger partial charge < -0.3 is 19.5 Å². The number of phenolic OH excluding ortho intramolecular Hbond substituents is 1. The highest BCUT2D eigenvalue weighted by Gasteiger charge is 2.31. The van der Waals surface area contributed by atoms with E-state index in [0.717, 1.165) is 42.7 Å². The number of nitrogens with zero attached hydrogens (tertiary/aromatic N) is 1. The van der Waals surface area contributed by atoms with Gasteiger partial charge in [0.15, 0.2) is 0 Å². The van der Waals surface area contributed by atoms with Gasteiger partial charge in [0.2, 0.25) is 0 Å². The molecule has 1 aliphatic heterocycles. The lowest BCUT2D eigenvalue weighted by atomic mass is 10.0. The van der Waals surface area contributed by atoms with E-state index in [1.807, 2.05) is 12.1 Å². The highest BCUT2D eigenvalue weighted by atomic mass is 19.4. The van der Waals surface area contributed by atoms with Gasteiger partial charge in [-0.2, -0.15) is 0 Å². The molecule has 0 unspecified atom stereocenters. The molecule has 31 heavy (non-hydrogen) atoms. The van der Waals surface area contributed by atoms with Crippen molar-refractivity contribution in [1.82, 2.24) is 0 Å². The average molecular weight is 429 g/mol. The quantitative estimate of drug-likeness (QED) is 0.540. The molecule has 0 atom stereocenters. The summed E-state index contributed by atoms with van der Waals surface area (Å²) in [6.45, 7) is 1.66. The van der Waals surface area contributed by atoms with Crippen molar-refractivity contribution in [2.75, 3.05) is 18.0 Å². The van der Waals surface area contributed by atoms with Crippen molar-refractivity contribution in [1.29, 1.82) is 0 Å². The second-order valence-corrected chi connectivity index (χ2v) is 7.42. The molecule has 1 heterocycles. The van der Waals surface area contributed by atoms with E-state index >= 15 is 0 Å². The van der Waals surface area contributed by atoms with Gasteiger partial charge in [-0.1, -0.05) is 24.3 Å². The van der Waals surface area contributed by atoms with E-state index in [1.165, 1.54) is 24.3 Å². The first kappa shape index (κ1) is 20.9. The van der Waals surface area contributed by atoms with Crippen LogP contribution in [0.5, 0.6) is 17.2 Å². The molecule has 1 N–H and O–H groups in total. The minimum Gasteiger partial charge on any atom is -0.508 e. The second kappa shape index (κ2) is 8.79. The van der Waals surface area contributed by atoms with Crippen LogP contribution in [-0.2, 0) is 0 Å². The van der Waals surface area contributed by atoms with Gasteiger partial charge in [-0.25, -0.2) is 0 Å². The maximum atomic E-state index is 12.2. The van der Waals surface area contributed by atoms with Gasteiger partial charge in [0.25, 0.3) is 0 Å². The third-order valence-electron chi connectivity index (χ3n) is 5.24. The number of aromatic hydroxyl groups is 1. The zero-order valence-corrected chi connectivity index (χ0v) is 16.7. The summed E-state index contributed by atoms with van der Waals surface area (Å²) in [5.74, 6) is 0.521. The largest absolute Gasteiger partial charge is 0.573 e. The fourth-order valence-corrected chi connectivity index (χ4v) is 3.66. The lowest BCUT2D eigenvalue weighted by Gasteiger charge is -2.33. The molecule has 0 spiro atoms. The molecule has 1 saturated heterocycles. The van der Waals surface area contributed by atoms with Crippen LogP contribution in [0.15, 0.2) is 72.8 Å². The van der Waals surface area contributed by atoms with Crippen molar-refractivity contribution in [3.8, 4) is 28.4 Å². The Morgan fingerprint density at radius 1 is 0.742 bits per heavy atom. The molecule has 162 valence electrons. The Morgan fingerprint density at radius 2 is 1.26 bits per heavy atom. The van der Waals surface area contributed by atoms with Gasteiger partial charge in [-0.05, 0) is 59.7 Å². The number of hydrogen-bond acceptors (Lipinski definition) is 4. The summed E-state index contributed by atoms with van der Waals surface area (Å²) in [6.07, 6.45) is -3.04. The van der Waals surface area contributed by atoms with Crippen LogP contribution < -0.4 is 14.4 Å². The van der Waals surface area contributed by atoms with Crippen molar-refractivity contribution in [3.05, 3.63) is 72.8 Å². The minimum atomic E-state index is -4.70. The van der Waals surface area contributed by atoms with Crippen LogP contribution in [0.3, 0.4) is 0 Å². The Morgan fingerprint density at radius 3 is 1.81 bits per heavy atom. The summed E-state index contributed by atoms with van der Waals surface area (Å²) < 4.78 is 46.5. The predicted octanol–water partition coefficient (Wildman–Crippen LogP) is 6.01. The summed E-state index contributed by atoms with van der Waals surface area (Å²) in [4.78, 5) is 2.29. The lowest BCUT2D eigenvalue weighted by Crippen LogP contribution is -2.38. The van der Waals surface area contributed by atoms with Crippen molar-refractivity contribution in [2.24, 2.45) is 0 Å². The summed E-state index contributed by atoms with van der Waals surface area (Å²) in [6, 6.07) is 20.9. The first-order valence-electron chi connectivity index (χ1n) is 10.0. The third-order valence-corrected chi connectivity index (χ3v) is 5.24. The van der Waals surface area contributed by atoms with E-state index in [9.17, 15) is 18.3 Å². The molecule has 4 rings (SSSR count). The molecule has 1 aliphatic rings. The van der Waals surface area contributed by atoms with Gasteiger partial charge in [-0.15, -0.1) is 13.2 Å². The van der Waals surface area contributed by atoms with E-state index in [1.54, 1.807) is 12.1 Å². The summed E-state index contributed by atoms with van der Waals surface area (Å²) in [7, 11) is 0. The zero-order valence-electron chi connectivity index (χ0n) is 16.7. The van der Waals surface area contributed by atoms with Crippen molar-refractivity contribution in [2.45, 2.75) is 25.3 Å². The minimum absolute atomic E-state index is 0.0157. The summed E-state index contributed by atoms with van der Waals surface area (Å²) >= 11 is 0. The average Bonchev–Trinajstić information content (AvgIpc) is 2.75. The van der Waals surface area contributed by atoms with Gasteiger partial charge in [0, 0.05) is 31.6 Å². The number of alkyl halides is 3. The van der Waals surface area contributed by atoms with Crippen LogP contribution in [-0.4, -0.2) is 30.7 Å². The number of benzene rings is 3. The maximum absolute atomic E-state index is 12.2. The molecule has 0 radical (unpaired) electrons. The second-order valence-electron chi connectivity index (χ2n) is 7.42.